The zero-order valence-electron chi connectivity index (χ0n) is 8.14. The Kier molecular flexibility index (Phi) is 2.47. The Bertz CT molecular complexity index is 460. The molecule has 0 aliphatic carbocycles. The van der Waals surface area contributed by atoms with Crippen LogP contribution in [-0.2, 0) is 4.74 Å². The van der Waals surface area contributed by atoms with Crippen LogP contribution in [0.15, 0.2) is 18.2 Å². The number of carboxylic acids is 1. The second-order valence-corrected chi connectivity index (χ2v) is 3.24. The lowest BCUT2D eigenvalue weighted by atomic mass is 10.2. The second-order valence-electron chi connectivity index (χ2n) is 3.24. The smallest absolute Gasteiger partial charge is 0.414 e. The Morgan fingerprint density at radius 1 is 1.50 bits per heavy atom. The van der Waals surface area contributed by atoms with Gasteiger partial charge in [-0.1, -0.05) is 0 Å². The third kappa shape index (κ3) is 1.69. The number of halogens is 1. The van der Waals surface area contributed by atoms with Crippen molar-refractivity contribution in [1.82, 2.24) is 0 Å². The van der Waals surface area contributed by atoms with Crippen LogP contribution in [0, 0.1) is 5.82 Å². The summed E-state index contributed by atoms with van der Waals surface area (Å²) in [5.41, 5.74) is -0.140. The topological polar surface area (TPSA) is 66.8 Å². The number of hydrogen-bond donors (Lipinski definition) is 1. The number of carbonyl (C=O) groups excluding carboxylic acids is 1. The molecule has 1 N–H and O–H groups in total. The van der Waals surface area contributed by atoms with E-state index in [9.17, 15) is 14.0 Å². The largest absolute Gasteiger partial charge is 0.478 e. The van der Waals surface area contributed by atoms with Crippen LogP contribution in [0.4, 0.5) is 14.9 Å². The van der Waals surface area contributed by atoms with E-state index in [0.717, 1.165) is 12.1 Å². The summed E-state index contributed by atoms with van der Waals surface area (Å²) in [5.74, 6) is -2.20. The van der Waals surface area contributed by atoms with Crippen molar-refractivity contribution in [3.8, 4) is 0 Å². The van der Waals surface area contributed by atoms with Gasteiger partial charge in [0.05, 0.1) is 12.1 Å². The highest BCUT2D eigenvalue weighted by molar-refractivity contribution is 5.93. The third-order valence-corrected chi connectivity index (χ3v) is 2.25. The van der Waals surface area contributed by atoms with Gasteiger partial charge < -0.3 is 9.84 Å². The number of ether oxygens (including phenoxy) is 1. The molecule has 2 rings (SSSR count). The lowest BCUT2D eigenvalue weighted by Crippen LogP contribution is -2.23. The number of nitrogens with zero attached hydrogens (tertiary/aromatic N) is 1. The third-order valence-electron chi connectivity index (χ3n) is 2.25. The zero-order valence-corrected chi connectivity index (χ0v) is 8.14. The first-order chi connectivity index (χ1) is 7.59. The van der Waals surface area contributed by atoms with Crippen molar-refractivity contribution in [3.63, 3.8) is 0 Å². The summed E-state index contributed by atoms with van der Waals surface area (Å²) >= 11 is 0. The first kappa shape index (κ1) is 10.4. The molecular formula is C10H8FNO4. The van der Waals surface area contributed by atoms with E-state index in [1.54, 1.807) is 0 Å². The molecule has 1 aromatic rings. The van der Waals surface area contributed by atoms with Gasteiger partial charge in [-0.3, -0.25) is 4.90 Å². The molecule has 0 spiro atoms. The molecule has 16 heavy (non-hydrogen) atoms. The molecule has 0 aromatic heterocycles. The van der Waals surface area contributed by atoms with Crippen LogP contribution in [0.3, 0.4) is 0 Å². The first-order valence-electron chi connectivity index (χ1n) is 4.57. The van der Waals surface area contributed by atoms with Gasteiger partial charge in [-0.2, -0.15) is 0 Å². The Balaban J connectivity index is 2.39. The van der Waals surface area contributed by atoms with Crippen LogP contribution < -0.4 is 4.90 Å². The molecule has 0 atom stereocenters. The predicted molar refractivity (Wildman–Crippen MR) is 52.1 cm³/mol. The fourth-order valence-electron chi connectivity index (χ4n) is 1.47. The minimum Gasteiger partial charge on any atom is -0.478 e. The van der Waals surface area contributed by atoms with Crippen LogP contribution in [0.5, 0.6) is 0 Å². The molecule has 6 heteroatoms. The predicted octanol–water partition coefficient (Wildman–Crippen LogP) is 1.48. The molecule has 0 saturated carbocycles. The normalized spacial score (nSPS) is 15.1. The van der Waals surface area contributed by atoms with Crippen LogP contribution in [0.2, 0.25) is 0 Å². The summed E-state index contributed by atoms with van der Waals surface area (Å²) in [4.78, 5) is 23.2. The monoisotopic (exact) mass is 225 g/mol. The number of carbonyl (C=O) groups is 2. The lowest BCUT2D eigenvalue weighted by Gasteiger charge is -2.13. The van der Waals surface area contributed by atoms with Gasteiger partial charge in [-0.25, -0.2) is 14.0 Å². The van der Waals surface area contributed by atoms with Gasteiger partial charge in [-0.15, -0.1) is 0 Å². The number of aromatic carboxylic acids is 1. The molecule has 84 valence electrons. The van der Waals surface area contributed by atoms with Crippen LogP contribution in [0.1, 0.15) is 10.4 Å². The van der Waals surface area contributed by atoms with Gasteiger partial charge in [0.25, 0.3) is 0 Å². The highest BCUT2D eigenvalue weighted by Crippen LogP contribution is 2.21. The van der Waals surface area contributed by atoms with Crippen molar-refractivity contribution < 1.29 is 23.8 Å². The van der Waals surface area contributed by atoms with E-state index in [-0.39, 0.29) is 6.61 Å². The number of hydrogen-bond acceptors (Lipinski definition) is 3. The molecule has 1 fully saturated rings. The maximum Gasteiger partial charge on any atom is 0.414 e. The van der Waals surface area contributed by atoms with Crippen molar-refractivity contribution in [1.29, 1.82) is 0 Å². The van der Waals surface area contributed by atoms with E-state index in [1.165, 1.54) is 11.0 Å². The average molecular weight is 225 g/mol. The molecule has 1 heterocycles. The maximum atomic E-state index is 13.1. The minimum atomic E-state index is -1.37. The summed E-state index contributed by atoms with van der Waals surface area (Å²) in [7, 11) is 0. The second kappa shape index (κ2) is 3.80. The number of carboxylic acid groups (broad SMARTS) is 1. The Hall–Kier alpha value is -2.11. The number of cyclic esters (lactones) is 1. The molecule has 1 amide bonds. The van der Waals surface area contributed by atoms with Gasteiger partial charge in [0.1, 0.15) is 12.4 Å². The standard InChI is InChI=1S/C10H8FNO4/c11-8-2-1-6(5-7(8)9(13)14)12-3-4-16-10(12)15/h1-2,5H,3-4H2,(H,13,14). The Morgan fingerprint density at radius 2 is 2.25 bits per heavy atom. The Labute approximate surface area is 90.0 Å². The molecule has 1 aliphatic heterocycles. The fourth-order valence-corrected chi connectivity index (χ4v) is 1.47. The highest BCUT2D eigenvalue weighted by Gasteiger charge is 2.24. The van der Waals surface area contributed by atoms with Gasteiger partial charge in [-0.05, 0) is 18.2 Å². The van der Waals surface area contributed by atoms with E-state index in [1.807, 2.05) is 0 Å². The maximum absolute atomic E-state index is 13.1. The van der Waals surface area contributed by atoms with E-state index in [0.29, 0.717) is 12.2 Å². The number of amides is 1. The van der Waals surface area contributed by atoms with E-state index in [2.05, 4.69) is 0 Å². The Morgan fingerprint density at radius 3 is 2.81 bits per heavy atom. The zero-order chi connectivity index (χ0) is 11.7. The molecular weight excluding hydrogens is 217 g/mol. The number of benzene rings is 1. The summed E-state index contributed by atoms with van der Waals surface area (Å²) in [5, 5.41) is 8.72. The van der Waals surface area contributed by atoms with Crippen molar-refractivity contribution in [2.75, 3.05) is 18.1 Å². The van der Waals surface area contributed by atoms with Crippen molar-refractivity contribution in [2.45, 2.75) is 0 Å². The van der Waals surface area contributed by atoms with Gasteiger partial charge in [0, 0.05) is 5.69 Å². The highest BCUT2D eigenvalue weighted by atomic mass is 19.1. The van der Waals surface area contributed by atoms with Crippen LogP contribution >= 0.6 is 0 Å². The molecule has 1 aliphatic rings. The lowest BCUT2D eigenvalue weighted by molar-refractivity contribution is 0.0692. The first-order valence-corrected chi connectivity index (χ1v) is 4.57. The fraction of sp³-hybridized carbons (Fsp3) is 0.200. The molecule has 0 radical (unpaired) electrons. The van der Waals surface area contributed by atoms with Gasteiger partial charge >= 0.3 is 12.1 Å². The SMILES string of the molecule is O=C(O)c1cc(N2CCOC2=O)ccc1F. The van der Waals surface area contributed by atoms with Gasteiger partial charge in [0.15, 0.2) is 0 Å². The number of rotatable bonds is 2. The average Bonchev–Trinajstić information content (AvgIpc) is 2.65. The van der Waals surface area contributed by atoms with Crippen molar-refractivity contribution in [3.05, 3.63) is 29.6 Å². The minimum absolute atomic E-state index is 0.249. The van der Waals surface area contributed by atoms with Gasteiger partial charge in [0.2, 0.25) is 0 Å². The number of anilines is 1. The quantitative estimate of drug-likeness (QED) is 0.827. The summed E-state index contributed by atoms with van der Waals surface area (Å²) in [6.45, 7) is 0.585. The summed E-state index contributed by atoms with van der Waals surface area (Å²) in [6.07, 6.45) is -0.553. The summed E-state index contributed by atoms with van der Waals surface area (Å²) in [6, 6.07) is 3.48. The van der Waals surface area contributed by atoms with Crippen LogP contribution in [0.25, 0.3) is 0 Å². The molecule has 1 saturated heterocycles. The van der Waals surface area contributed by atoms with Crippen molar-refractivity contribution >= 4 is 17.7 Å². The molecule has 0 bridgehead atoms. The molecule has 0 unspecified atom stereocenters. The summed E-state index contributed by atoms with van der Waals surface area (Å²) < 4.78 is 17.8. The van der Waals surface area contributed by atoms with Crippen LogP contribution in [-0.4, -0.2) is 30.3 Å². The van der Waals surface area contributed by atoms with Crippen molar-refractivity contribution in [2.24, 2.45) is 0 Å². The molecule has 1 aromatic carbocycles. The van der Waals surface area contributed by atoms with E-state index >= 15 is 0 Å². The molecule has 5 nitrogen and oxygen atoms in total. The van der Waals surface area contributed by atoms with E-state index < -0.39 is 23.4 Å². The van der Waals surface area contributed by atoms with E-state index in [4.69, 9.17) is 9.84 Å².